The number of hydrogen-bond acceptors (Lipinski definition) is 5. The molecule has 1 aromatic heterocycles. The maximum absolute atomic E-state index is 13.1. The standard InChI is InChI=1S/C21H19FN4O/c1-13-5-2-3-6-16(13)24-20-19-17(7-4-8-18(19)27)25-21(26-20)23-15-11-9-14(22)10-12-15/h2-3,5-6,9-12H,4,7-8H2,1H3,(H2,23,24,25,26). The Kier molecular flexibility index (Phi) is 4.54. The van der Waals surface area contributed by atoms with Gasteiger partial charge in [-0.1, -0.05) is 18.2 Å². The molecule has 0 saturated heterocycles. The average molecular weight is 362 g/mol. The number of hydrogen-bond donors (Lipinski definition) is 2. The van der Waals surface area contributed by atoms with Gasteiger partial charge in [0.1, 0.15) is 11.6 Å². The van der Waals surface area contributed by atoms with Gasteiger partial charge in [-0.15, -0.1) is 0 Å². The number of carbonyl (C=O) groups is 1. The fraction of sp³-hybridized carbons (Fsp3) is 0.190. The van der Waals surface area contributed by atoms with E-state index < -0.39 is 0 Å². The summed E-state index contributed by atoms with van der Waals surface area (Å²) in [5.41, 5.74) is 3.93. The number of para-hydroxylation sites is 1. The van der Waals surface area contributed by atoms with E-state index in [0.717, 1.165) is 29.8 Å². The van der Waals surface area contributed by atoms with E-state index in [2.05, 4.69) is 20.6 Å². The summed E-state index contributed by atoms with van der Waals surface area (Å²) in [6.07, 6.45) is 2.01. The summed E-state index contributed by atoms with van der Waals surface area (Å²) in [4.78, 5) is 21.6. The van der Waals surface area contributed by atoms with Crippen LogP contribution in [0, 0.1) is 12.7 Å². The van der Waals surface area contributed by atoms with Crippen molar-refractivity contribution in [3.05, 3.63) is 71.2 Å². The van der Waals surface area contributed by atoms with E-state index in [0.29, 0.717) is 29.4 Å². The molecule has 4 rings (SSSR count). The first-order chi connectivity index (χ1) is 13.1. The largest absolute Gasteiger partial charge is 0.339 e. The zero-order chi connectivity index (χ0) is 18.8. The van der Waals surface area contributed by atoms with Crippen molar-refractivity contribution in [2.24, 2.45) is 0 Å². The van der Waals surface area contributed by atoms with Crippen LogP contribution in [0.25, 0.3) is 0 Å². The van der Waals surface area contributed by atoms with Gasteiger partial charge in [0.05, 0.1) is 11.3 Å². The summed E-state index contributed by atoms with van der Waals surface area (Å²) >= 11 is 0. The average Bonchev–Trinajstić information content (AvgIpc) is 2.65. The highest BCUT2D eigenvalue weighted by atomic mass is 19.1. The summed E-state index contributed by atoms with van der Waals surface area (Å²) in [5, 5.41) is 6.39. The molecule has 2 aromatic carbocycles. The normalized spacial score (nSPS) is 13.2. The fourth-order valence-electron chi connectivity index (χ4n) is 3.17. The molecule has 3 aromatic rings. The zero-order valence-electron chi connectivity index (χ0n) is 14.9. The van der Waals surface area contributed by atoms with Gasteiger partial charge in [-0.2, -0.15) is 4.98 Å². The van der Waals surface area contributed by atoms with E-state index >= 15 is 0 Å². The molecule has 1 heterocycles. The van der Waals surface area contributed by atoms with Crippen molar-refractivity contribution < 1.29 is 9.18 Å². The number of nitrogens with one attached hydrogen (secondary N) is 2. The number of Topliss-reactive ketones (excluding diaryl/α,β-unsaturated/α-hetero) is 1. The van der Waals surface area contributed by atoms with Crippen LogP contribution >= 0.6 is 0 Å². The van der Waals surface area contributed by atoms with Gasteiger partial charge in [-0.25, -0.2) is 9.37 Å². The number of halogens is 1. The van der Waals surface area contributed by atoms with Gasteiger partial charge in [0, 0.05) is 17.8 Å². The number of carbonyl (C=O) groups excluding carboxylic acids is 1. The van der Waals surface area contributed by atoms with Crippen LogP contribution < -0.4 is 10.6 Å². The monoisotopic (exact) mass is 362 g/mol. The van der Waals surface area contributed by atoms with E-state index in [1.54, 1.807) is 12.1 Å². The van der Waals surface area contributed by atoms with Gasteiger partial charge in [-0.05, 0) is 55.7 Å². The van der Waals surface area contributed by atoms with Crippen molar-refractivity contribution in [2.45, 2.75) is 26.2 Å². The molecule has 1 aliphatic rings. The Bertz CT molecular complexity index is 1000. The molecular formula is C21H19FN4O. The third-order valence-electron chi connectivity index (χ3n) is 4.58. The van der Waals surface area contributed by atoms with Crippen LogP contribution in [0.5, 0.6) is 0 Å². The number of fused-ring (bicyclic) bond motifs is 1. The van der Waals surface area contributed by atoms with Crippen LogP contribution in [0.1, 0.15) is 34.5 Å². The first kappa shape index (κ1) is 17.1. The van der Waals surface area contributed by atoms with Crippen molar-refractivity contribution in [1.29, 1.82) is 0 Å². The van der Waals surface area contributed by atoms with E-state index in [1.165, 1.54) is 12.1 Å². The SMILES string of the molecule is Cc1ccccc1Nc1nc(Nc2ccc(F)cc2)nc2c1C(=O)CCC2. The van der Waals surface area contributed by atoms with Gasteiger partial charge >= 0.3 is 0 Å². The first-order valence-electron chi connectivity index (χ1n) is 8.89. The molecule has 27 heavy (non-hydrogen) atoms. The lowest BCUT2D eigenvalue weighted by atomic mass is 9.95. The van der Waals surface area contributed by atoms with Crippen LogP contribution in [0.2, 0.25) is 0 Å². The predicted molar refractivity (Wildman–Crippen MR) is 103 cm³/mol. The molecule has 136 valence electrons. The number of aryl methyl sites for hydroxylation is 2. The molecule has 6 heteroatoms. The fourth-order valence-corrected chi connectivity index (χ4v) is 3.17. The highest BCUT2D eigenvalue weighted by molar-refractivity contribution is 6.03. The number of aromatic nitrogens is 2. The van der Waals surface area contributed by atoms with Gasteiger partial charge in [0.25, 0.3) is 0 Å². The predicted octanol–water partition coefficient (Wildman–Crippen LogP) is 4.93. The molecule has 0 unspecified atom stereocenters. The third kappa shape index (κ3) is 3.65. The van der Waals surface area contributed by atoms with Crippen molar-refractivity contribution >= 4 is 28.9 Å². The molecule has 0 spiro atoms. The van der Waals surface area contributed by atoms with Crippen LogP contribution in [0.15, 0.2) is 48.5 Å². The number of rotatable bonds is 4. The Labute approximate surface area is 156 Å². The number of nitrogens with zero attached hydrogens (tertiary/aromatic N) is 2. The van der Waals surface area contributed by atoms with Crippen LogP contribution in [-0.2, 0) is 6.42 Å². The zero-order valence-corrected chi connectivity index (χ0v) is 14.9. The highest BCUT2D eigenvalue weighted by Crippen LogP contribution is 2.30. The smallest absolute Gasteiger partial charge is 0.229 e. The van der Waals surface area contributed by atoms with E-state index in [9.17, 15) is 9.18 Å². The molecular weight excluding hydrogens is 343 g/mol. The summed E-state index contributed by atoms with van der Waals surface area (Å²) in [6.45, 7) is 2.00. The maximum atomic E-state index is 13.1. The van der Waals surface area contributed by atoms with Crippen molar-refractivity contribution in [3.8, 4) is 0 Å². The molecule has 0 saturated carbocycles. The van der Waals surface area contributed by atoms with Crippen molar-refractivity contribution in [3.63, 3.8) is 0 Å². The summed E-state index contributed by atoms with van der Waals surface area (Å²) in [6, 6.07) is 13.8. The summed E-state index contributed by atoms with van der Waals surface area (Å²) in [5.74, 6) is 0.634. The Morgan fingerprint density at radius 1 is 0.963 bits per heavy atom. The van der Waals surface area contributed by atoms with Crippen LogP contribution in [0.4, 0.5) is 27.5 Å². The molecule has 0 bridgehead atoms. The molecule has 0 fully saturated rings. The Morgan fingerprint density at radius 2 is 1.74 bits per heavy atom. The molecule has 1 aliphatic carbocycles. The lowest BCUT2D eigenvalue weighted by Crippen LogP contribution is -2.18. The summed E-state index contributed by atoms with van der Waals surface area (Å²) in [7, 11) is 0. The minimum Gasteiger partial charge on any atom is -0.339 e. The lowest BCUT2D eigenvalue weighted by molar-refractivity contribution is 0.0972. The van der Waals surface area contributed by atoms with E-state index in [1.807, 2.05) is 31.2 Å². The number of ketones is 1. The third-order valence-corrected chi connectivity index (χ3v) is 4.58. The Balaban J connectivity index is 1.74. The van der Waals surface area contributed by atoms with E-state index in [4.69, 9.17) is 0 Å². The van der Waals surface area contributed by atoms with Gasteiger partial charge < -0.3 is 10.6 Å². The van der Waals surface area contributed by atoms with Crippen molar-refractivity contribution in [1.82, 2.24) is 9.97 Å². The number of benzene rings is 2. The minimum atomic E-state index is -0.306. The molecule has 0 radical (unpaired) electrons. The second-order valence-corrected chi connectivity index (χ2v) is 6.57. The molecule has 0 atom stereocenters. The topological polar surface area (TPSA) is 66.9 Å². The molecule has 0 amide bonds. The quantitative estimate of drug-likeness (QED) is 0.689. The highest BCUT2D eigenvalue weighted by Gasteiger charge is 2.25. The Hall–Kier alpha value is -3.28. The van der Waals surface area contributed by atoms with E-state index in [-0.39, 0.29) is 11.6 Å². The minimum absolute atomic E-state index is 0.0562. The van der Waals surface area contributed by atoms with Gasteiger partial charge in [0.2, 0.25) is 5.95 Å². The summed E-state index contributed by atoms with van der Waals surface area (Å²) < 4.78 is 13.1. The number of anilines is 4. The maximum Gasteiger partial charge on any atom is 0.229 e. The van der Waals surface area contributed by atoms with Crippen LogP contribution in [0.3, 0.4) is 0 Å². The first-order valence-corrected chi connectivity index (χ1v) is 8.89. The molecule has 2 N–H and O–H groups in total. The second-order valence-electron chi connectivity index (χ2n) is 6.57. The Morgan fingerprint density at radius 3 is 2.52 bits per heavy atom. The molecule has 5 nitrogen and oxygen atoms in total. The molecule has 0 aliphatic heterocycles. The lowest BCUT2D eigenvalue weighted by Gasteiger charge is -2.20. The van der Waals surface area contributed by atoms with Gasteiger partial charge in [0.15, 0.2) is 5.78 Å². The van der Waals surface area contributed by atoms with Gasteiger partial charge in [-0.3, -0.25) is 4.79 Å². The second kappa shape index (κ2) is 7.15. The van der Waals surface area contributed by atoms with Crippen LogP contribution in [-0.4, -0.2) is 15.8 Å². The van der Waals surface area contributed by atoms with Crippen molar-refractivity contribution in [2.75, 3.05) is 10.6 Å².